The number of carbonyl (C=O) groups excluding carboxylic acids is 1. The summed E-state index contributed by atoms with van der Waals surface area (Å²) in [6.07, 6.45) is 2.62. The van der Waals surface area contributed by atoms with Gasteiger partial charge in [-0.2, -0.15) is 0 Å². The Kier molecular flexibility index (Phi) is 7.63. The topological polar surface area (TPSA) is 81.1 Å². The Morgan fingerprint density at radius 3 is 2.46 bits per heavy atom. The monoisotopic (exact) mass is 187 g/mol. The minimum atomic E-state index is 0.0707. The molecule has 0 aromatic carbocycles. The van der Waals surface area contributed by atoms with Crippen molar-refractivity contribution in [2.45, 2.75) is 26.2 Å². The van der Waals surface area contributed by atoms with Gasteiger partial charge in [-0.15, -0.1) is 0 Å². The van der Waals surface area contributed by atoms with Crippen LogP contribution in [-0.2, 0) is 4.79 Å². The molecule has 0 aliphatic carbocycles. The van der Waals surface area contributed by atoms with Crippen LogP contribution < -0.4 is 16.8 Å². The lowest BCUT2D eigenvalue weighted by molar-refractivity contribution is -0.124. The van der Waals surface area contributed by atoms with Crippen LogP contribution >= 0.6 is 0 Å². The van der Waals surface area contributed by atoms with E-state index in [4.69, 9.17) is 11.5 Å². The number of hydrogen-bond acceptors (Lipinski definition) is 3. The molecule has 13 heavy (non-hydrogen) atoms. The fraction of sp³-hybridized carbons (Fsp3) is 0.889. The predicted molar refractivity (Wildman–Crippen MR) is 54.1 cm³/mol. The van der Waals surface area contributed by atoms with Crippen molar-refractivity contribution in [3.8, 4) is 0 Å². The van der Waals surface area contributed by atoms with Gasteiger partial charge < -0.3 is 16.8 Å². The smallest absolute Gasteiger partial charge is 0.222 e. The van der Waals surface area contributed by atoms with Crippen LogP contribution in [0.2, 0.25) is 0 Å². The van der Waals surface area contributed by atoms with E-state index in [1.807, 2.05) is 6.92 Å². The highest BCUT2D eigenvalue weighted by Gasteiger charge is 2.10. The third kappa shape index (κ3) is 6.54. The van der Waals surface area contributed by atoms with E-state index in [1.165, 1.54) is 0 Å². The van der Waals surface area contributed by atoms with E-state index in [2.05, 4.69) is 5.32 Å². The summed E-state index contributed by atoms with van der Waals surface area (Å²) in [6, 6.07) is 0. The van der Waals surface area contributed by atoms with Crippen molar-refractivity contribution < 1.29 is 4.79 Å². The first-order valence-corrected chi connectivity index (χ1v) is 4.90. The van der Waals surface area contributed by atoms with Crippen molar-refractivity contribution in [1.82, 2.24) is 5.32 Å². The van der Waals surface area contributed by atoms with E-state index in [9.17, 15) is 4.79 Å². The maximum absolute atomic E-state index is 11.3. The summed E-state index contributed by atoms with van der Waals surface area (Å²) in [6.45, 7) is 3.88. The molecule has 1 amide bonds. The zero-order chi connectivity index (χ0) is 10.1. The fourth-order valence-electron chi connectivity index (χ4n) is 1.04. The molecule has 4 heteroatoms. The number of nitrogens with two attached hydrogens (primary N) is 2. The van der Waals surface area contributed by atoms with Crippen molar-refractivity contribution in [1.29, 1.82) is 0 Å². The van der Waals surface area contributed by atoms with Gasteiger partial charge in [-0.05, 0) is 32.4 Å². The van der Waals surface area contributed by atoms with Gasteiger partial charge in [0.05, 0.1) is 0 Å². The number of rotatable bonds is 7. The lowest BCUT2D eigenvalue weighted by Crippen LogP contribution is -2.31. The van der Waals surface area contributed by atoms with Gasteiger partial charge >= 0.3 is 0 Å². The molecule has 78 valence electrons. The van der Waals surface area contributed by atoms with Crippen LogP contribution in [0.15, 0.2) is 0 Å². The van der Waals surface area contributed by atoms with E-state index in [0.717, 1.165) is 19.3 Å². The van der Waals surface area contributed by atoms with E-state index in [1.54, 1.807) is 0 Å². The molecule has 4 nitrogen and oxygen atoms in total. The SMILES string of the molecule is CC(CCCN)C(=O)NCCCN. The number of carbonyl (C=O) groups is 1. The zero-order valence-electron chi connectivity index (χ0n) is 8.38. The van der Waals surface area contributed by atoms with Gasteiger partial charge in [0.25, 0.3) is 0 Å². The fourth-order valence-corrected chi connectivity index (χ4v) is 1.04. The molecule has 0 saturated carbocycles. The van der Waals surface area contributed by atoms with Crippen LogP contribution in [0, 0.1) is 5.92 Å². The second-order valence-electron chi connectivity index (χ2n) is 3.27. The molecule has 0 aliphatic heterocycles. The normalized spacial score (nSPS) is 12.5. The van der Waals surface area contributed by atoms with Crippen molar-refractivity contribution in [2.24, 2.45) is 17.4 Å². The predicted octanol–water partition coefficient (Wildman–Crippen LogP) is -0.174. The Balaban J connectivity index is 3.45. The average molecular weight is 187 g/mol. The van der Waals surface area contributed by atoms with Gasteiger partial charge in [-0.1, -0.05) is 6.92 Å². The molecule has 0 saturated heterocycles. The van der Waals surface area contributed by atoms with Crippen molar-refractivity contribution in [3.63, 3.8) is 0 Å². The Bertz CT molecular complexity index is 139. The number of hydrogen-bond donors (Lipinski definition) is 3. The van der Waals surface area contributed by atoms with Gasteiger partial charge in [-0.3, -0.25) is 4.79 Å². The highest BCUT2D eigenvalue weighted by Crippen LogP contribution is 2.03. The summed E-state index contributed by atoms with van der Waals surface area (Å²) in [5.41, 5.74) is 10.7. The van der Waals surface area contributed by atoms with Gasteiger partial charge in [0.15, 0.2) is 0 Å². The molecule has 5 N–H and O–H groups in total. The Morgan fingerprint density at radius 2 is 1.92 bits per heavy atom. The van der Waals surface area contributed by atoms with Gasteiger partial charge in [-0.25, -0.2) is 0 Å². The largest absolute Gasteiger partial charge is 0.356 e. The Labute approximate surface area is 80.0 Å². The molecular formula is C9H21N3O. The molecule has 0 rings (SSSR count). The molecule has 1 atom stereocenters. The van der Waals surface area contributed by atoms with Crippen LogP contribution in [0.3, 0.4) is 0 Å². The van der Waals surface area contributed by atoms with Crippen LogP contribution in [0.1, 0.15) is 26.2 Å². The van der Waals surface area contributed by atoms with Crippen molar-refractivity contribution in [2.75, 3.05) is 19.6 Å². The summed E-state index contributed by atoms with van der Waals surface area (Å²) in [5.74, 6) is 0.184. The first-order chi connectivity index (χ1) is 6.22. The van der Waals surface area contributed by atoms with Crippen LogP contribution in [0.25, 0.3) is 0 Å². The molecule has 0 heterocycles. The van der Waals surface area contributed by atoms with Gasteiger partial charge in [0, 0.05) is 12.5 Å². The van der Waals surface area contributed by atoms with E-state index in [0.29, 0.717) is 19.6 Å². The highest BCUT2D eigenvalue weighted by molar-refractivity contribution is 5.78. The van der Waals surface area contributed by atoms with Gasteiger partial charge in [0.2, 0.25) is 5.91 Å². The molecule has 0 aromatic heterocycles. The summed E-state index contributed by atoms with van der Waals surface area (Å²) in [5, 5.41) is 2.83. The zero-order valence-corrected chi connectivity index (χ0v) is 8.38. The molecule has 0 aromatic rings. The van der Waals surface area contributed by atoms with Crippen molar-refractivity contribution >= 4 is 5.91 Å². The van der Waals surface area contributed by atoms with E-state index < -0.39 is 0 Å². The number of amides is 1. The van der Waals surface area contributed by atoms with Crippen LogP contribution in [-0.4, -0.2) is 25.5 Å². The van der Waals surface area contributed by atoms with E-state index >= 15 is 0 Å². The lowest BCUT2D eigenvalue weighted by atomic mass is 10.1. The quantitative estimate of drug-likeness (QED) is 0.484. The van der Waals surface area contributed by atoms with Crippen LogP contribution in [0.5, 0.6) is 0 Å². The Morgan fingerprint density at radius 1 is 1.31 bits per heavy atom. The standard InChI is InChI=1S/C9H21N3O/c1-8(4-2-5-10)9(13)12-7-3-6-11/h8H,2-7,10-11H2,1H3,(H,12,13). The summed E-state index contributed by atoms with van der Waals surface area (Å²) >= 11 is 0. The van der Waals surface area contributed by atoms with Crippen molar-refractivity contribution in [3.05, 3.63) is 0 Å². The average Bonchev–Trinajstić information content (AvgIpc) is 2.14. The maximum Gasteiger partial charge on any atom is 0.222 e. The molecule has 0 radical (unpaired) electrons. The first-order valence-electron chi connectivity index (χ1n) is 4.90. The van der Waals surface area contributed by atoms with E-state index in [-0.39, 0.29) is 11.8 Å². The molecule has 0 spiro atoms. The minimum absolute atomic E-state index is 0.0707. The van der Waals surface area contributed by atoms with Crippen LogP contribution in [0.4, 0.5) is 0 Å². The summed E-state index contributed by atoms with van der Waals surface area (Å²) < 4.78 is 0. The second kappa shape index (κ2) is 8.01. The minimum Gasteiger partial charge on any atom is -0.356 e. The third-order valence-electron chi connectivity index (χ3n) is 1.97. The van der Waals surface area contributed by atoms with Gasteiger partial charge in [0.1, 0.15) is 0 Å². The first kappa shape index (κ1) is 12.4. The second-order valence-corrected chi connectivity index (χ2v) is 3.27. The molecule has 0 aliphatic rings. The number of nitrogens with one attached hydrogen (secondary N) is 1. The summed E-state index contributed by atoms with van der Waals surface area (Å²) in [7, 11) is 0. The third-order valence-corrected chi connectivity index (χ3v) is 1.97. The molecule has 0 fully saturated rings. The summed E-state index contributed by atoms with van der Waals surface area (Å²) in [4.78, 5) is 11.3. The lowest BCUT2D eigenvalue weighted by Gasteiger charge is -2.10. The molecule has 0 bridgehead atoms. The Hall–Kier alpha value is -0.610. The molecule has 1 unspecified atom stereocenters. The maximum atomic E-state index is 11.3. The molecular weight excluding hydrogens is 166 g/mol. The highest BCUT2D eigenvalue weighted by atomic mass is 16.1.